The fraction of sp³-hybridized carbons (Fsp3) is 0.625. The third kappa shape index (κ3) is 7.53. The van der Waals surface area contributed by atoms with Gasteiger partial charge in [0, 0.05) is 35.6 Å². The minimum Gasteiger partial charge on any atom is -0.353 e. The van der Waals surface area contributed by atoms with Crippen molar-refractivity contribution in [1.82, 2.24) is 15.5 Å². The Balaban J connectivity index is 1.97. The number of benzene rings is 1. The average Bonchev–Trinajstić information content (AvgIpc) is 2.72. The maximum absolute atomic E-state index is 13.2. The monoisotopic (exact) mass is 449 g/mol. The summed E-state index contributed by atoms with van der Waals surface area (Å²) in [6, 6.07) is 6.16. The van der Waals surface area contributed by atoms with Crippen LogP contribution in [0.25, 0.3) is 0 Å². The molecule has 6 nitrogen and oxygen atoms in total. The van der Waals surface area contributed by atoms with Crippen molar-refractivity contribution in [2.24, 2.45) is 17.8 Å². The van der Waals surface area contributed by atoms with Crippen LogP contribution in [-0.4, -0.2) is 47.8 Å². The Morgan fingerprint density at radius 3 is 2.10 bits per heavy atom. The Kier molecular flexibility index (Phi) is 9.35. The number of piperidine rings is 1. The smallest absolute Gasteiger partial charge is 0.251 e. The van der Waals surface area contributed by atoms with Crippen molar-refractivity contribution in [2.45, 2.75) is 66.0 Å². The number of carbonyl (C=O) groups excluding carboxylic acids is 3. The molecule has 172 valence electrons. The molecular weight excluding hydrogens is 414 g/mol. The fourth-order valence-electron chi connectivity index (χ4n) is 3.63. The minimum absolute atomic E-state index is 0.0718. The molecule has 31 heavy (non-hydrogen) atoms. The van der Waals surface area contributed by atoms with Crippen LogP contribution in [0.5, 0.6) is 0 Å². The normalized spacial score (nSPS) is 16.8. The first-order valence-electron chi connectivity index (χ1n) is 11.2. The summed E-state index contributed by atoms with van der Waals surface area (Å²) in [4.78, 5) is 40.1. The Bertz CT molecular complexity index is 756. The number of amides is 3. The first kappa shape index (κ1) is 25.2. The predicted octanol–water partition coefficient (Wildman–Crippen LogP) is 3.88. The Morgan fingerprint density at radius 1 is 1.00 bits per heavy atom. The van der Waals surface area contributed by atoms with Crippen LogP contribution >= 0.6 is 11.6 Å². The quantitative estimate of drug-likeness (QED) is 0.632. The summed E-state index contributed by atoms with van der Waals surface area (Å²) in [6.45, 7) is 11.3. The number of rotatable bonds is 8. The van der Waals surface area contributed by atoms with E-state index in [0.717, 1.165) is 0 Å². The summed E-state index contributed by atoms with van der Waals surface area (Å²) in [5.74, 6) is 0.269. The maximum atomic E-state index is 13.2. The Morgan fingerprint density at radius 2 is 1.58 bits per heavy atom. The van der Waals surface area contributed by atoms with Crippen molar-refractivity contribution >= 4 is 29.3 Å². The zero-order valence-electron chi connectivity index (χ0n) is 19.3. The van der Waals surface area contributed by atoms with Crippen molar-refractivity contribution in [2.75, 3.05) is 13.1 Å². The lowest BCUT2D eigenvalue weighted by Gasteiger charge is -2.35. The van der Waals surface area contributed by atoms with Crippen molar-refractivity contribution < 1.29 is 14.4 Å². The highest BCUT2D eigenvalue weighted by Gasteiger charge is 2.32. The average molecular weight is 450 g/mol. The molecule has 1 heterocycles. The molecule has 1 saturated heterocycles. The van der Waals surface area contributed by atoms with Crippen LogP contribution in [0.1, 0.15) is 64.2 Å². The molecule has 2 N–H and O–H groups in total. The lowest BCUT2D eigenvalue weighted by atomic mass is 9.93. The van der Waals surface area contributed by atoms with Gasteiger partial charge >= 0.3 is 0 Å². The molecule has 2 unspecified atom stereocenters. The number of likely N-dealkylation sites (tertiary alicyclic amines) is 1. The van der Waals surface area contributed by atoms with Gasteiger partial charge in [-0.25, -0.2) is 0 Å². The summed E-state index contributed by atoms with van der Waals surface area (Å²) < 4.78 is 0. The van der Waals surface area contributed by atoms with Gasteiger partial charge in [-0.3, -0.25) is 14.4 Å². The second kappa shape index (κ2) is 11.5. The van der Waals surface area contributed by atoms with Crippen molar-refractivity contribution in [3.8, 4) is 0 Å². The molecule has 0 spiro atoms. The number of nitrogens with zero attached hydrogens (tertiary/aromatic N) is 1. The largest absolute Gasteiger partial charge is 0.353 e. The molecule has 1 aromatic carbocycles. The number of hydrogen-bond donors (Lipinski definition) is 2. The van der Waals surface area contributed by atoms with E-state index in [4.69, 9.17) is 11.6 Å². The van der Waals surface area contributed by atoms with Crippen LogP contribution in [0.4, 0.5) is 0 Å². The molecule has 1 aliphatic heterocycles. The molecule has 1 aliphatic rings. The van der Waals surface area contributed by atoms with Gasteiger partial charge in [0.25, 0.3) is 5.91 Å². The van der Waals surface area contributed by atoms with Gasteiger partial charge in [0.05, 0.1) is 0 Å². The van der Waals surface area contributed by atoms with E-state index < -0.39 is 6.04 Å². The van der Waals surface area contributed by atoms with E-state index in [9.17, 15) is 14.4 Å². The standard InChI is InChI=1S/C24H36ClN3O3/c1-15(2)14-21(27-23(30)18-6-8-20(25)9-7-18)24(31)28-12-10-19(11-13-28)22(29)26-17(5)16(3)4/h6-9,15-17,19,21H,10-14H2,1-5H3,(H,26,29)(H,27,30). The van der Waals surface area contributed by atoms with Gasteiger partial charge < -0.3 is 15.5 Å². The van der Waals surface area contributed by atoms with Gasteiger partial charge in [0.2, 0.25) is 11.8 Å². The molecule has 7 heteroatoms. The molecule has 2 atom stereocenters. The van der Waals surface area contributed by atoms with Gasteiger partial charge in [0.1, 0.15) is 6.04 Å². The molecule has 0 bridgehead atoms. The molecular formula is C24H36ClN3O3. The van der Waals surface area contributed by atoms with E-state index in [1.165, 1.54) is 0 Å². The van der Waals surface area contributed by atoms with Crippen LogP contribution < -0.4 is 10.6 Å². The zero-order valence-corrected chi connectivity index (χ0v) is 20.0. The highest BCUT2D eigenvalue weighted by Crippen LogP contribution is 2.20. The molecule has 0 radical (unpaired) electrons. The van der Waals surface area contributed by atoms with E-state index in [-0.39, 0.29) is 35.6 Å². The molecule has 1 aromatic rings. The topological polar surface area (TPSA) is 78.5 Å². The Labute approximate surface area is 191 Å². The number of carbonyl (C=O) groups is 3. The van der Waals surface area contributed by atoms with Gasteiger partial charge in [-0.05, 0) is 62.3 Å². The predicted molar refractivity (Wildman–Crippen MR) is 124 cm³/mol. The molecule has 0 aliphatic carbocycles. The van der Waals surface area contributed by atoms with E-state index in [1.807, 2.05) is 20.8 Å². The zero-order chi connectivity index (χ0) is 23.1. The lowest BCUT2D eigenvalue weighted by molar-refractivity contribution is -0.137. The second-order valence-corrected chi connectivity index (χ2v) is 9.74. The highest BCUT2D eigenvalue weighted by molar-refractivity contribution is 6.30. The highest BCUT2D eigenvalue weighted by atomic mass is 35.5. The number of nitrogens with one attached hydrogen (secondary N) is 2. The van der Waals surface area contributed by atoms with Crippen LogP contribution in [0.15, 0.2) is 24.3 Å². The van der Waals surface area contributed by atoms with E-state index in [2.05, 4.69) is 24.5 Å². The Hall–Kier alpha value is -2.08. The number of halogens is 1. The SMILES string of the molecule is CC(C)CC(NC(=O)c1ccc(Cl)cc1)C(=O)N1CCC(C(=O)NC(C)C(C)C)CC1. The van der Waals surface area contributed by atoms with Crippen molar-refractivity contribution in [3.05, 3.63) is 34.9 Å². The lowest BCUT2D eigenvalue weighted by Crippen LogP contribution is -2.52. The summed E-state index contributed by atoms with van der Waals surface area (Å²) in [5, 5.41) is 6.54. The third-order valence-electron chi connectivity index (χ3n) is 5.96. The molecule has 3 amide bonds. The summed E-state index contributed by atoms with van der Waals surface area (Å²) >= 11 is 5.90. The van der Waals surface area contributed by atoms with Gasteiger partial charge in [-0.15, -0.1) is 0 Å². The van der Waals surface area contributed by atoms with Crippen LogP contribution in [0, 0.1) is 17.8 Å². The van der Waals surface area contributed by atoms with E-state index in [1.54, 1.807) is 29.2 Å². The summed E-state index contributed by atoms with van der Waals surface area (Å²) in [6.07, 6.45) is 1.84. The van der Waals surface area contributed by atoms with Crippen LogP contribution in [-0.2, 0) is 9.59 Å². The first-order valence-corrected chi connectivity index (χ1v) is 11.6. The molecule has 2 rings (SSSR count). The van der Waals surface area contributed by atoms with Crippen molar-refractivity contribution in [3.63, 3.8) is 0 Å². The molecule has 0 saturated carbocycles. The van der Waals surface area contributed by atoms with Gasteiger partial charge in [0.15, 0.2) is 0 Å². The summed E-state index contributed by atoms with van der Waals surface area (Å²) in [5.41, 5.74) is 0.473. The molecule has 0 aromatic heterocycles. The van der Waals surface area contributed by atoms with Gasteiger partial charge in [-0.1, -0.05) is 39.3 Å². The molecule has 1 fully saturated rings. The van der Waals surface area contributed by atoms with Crippen molar-refractivity contribution in [1.29, 1.82) is 0 Å². The van der Waals surface area contributed by atoms with Crippen LogP contribution in [0.2, 0.25) is 5.02 Å². The van der Waals surface area contributed by atoms with Crippen LogP contribution in [0.3, 0.4) is 0 Å². The van der Waals surface area contributed by atoms with E-state index in [0.29, 0.717) is 48.9 Å². The minimum atomic E-state index is -0.588. The third-order valence-corrected chi connectivity index (χ3v) is 6.22. The first-order chi connectivity index (χ1) is 14.6. The maximum Gasteiger partial charge on any atom is 0.251 e. The van der Waals surface area contributed by atoms with E-state index >= 15 is 0 Å². The fourth-order valence-corrected chi connectivity index (χ4v) is 3.75. The summed E-state index contributed by atoms with van der Waals surface area (Å²) in [7, 11) is 0. The second-order valence-electron chi connectivity index (χ2n) is 9.30. The number of hydrogen-bond acceptors (Lipinski definition) is 3. The van der Waals surface area contributed by atoms with Gasteiger partial charge in [-0.2, -0.15) is 0 Å².